The number of hydrogen-bond donors (Lipinski definition) is 2. The highest BCUT2D eigenvalue weighted by atomic mass is 35.5. The van der Waals surface area contributed by atoms with Crippen LogP contribution in [0, 0.1) is 0 Å². The SMILES string of the molecule is CCN(CC)c1ccc(C=NNC(=O)c2cc(-c3ccccc3Cl)n[nH]2)cc1. The molecule has 0 bridgehead atoms. The Kier molecular flexibility index (Phi) is 6.45. The summed E-state index contributed by atoms with van der Waals surface area (Å²) in [6.45, 7) is 6.17. The lowest BCUT2D eigenvalue weighted by Crippen LogP contribution is -2.21. The summed E-state index contributed by atoms with van der Waals surface area (Å²) in [6.07, 6.45) is 1.61. The van der Waals surface area contributed by atoms with Gasteiger partial charge in [-0.1, -0.05) is 41.9 Å². The molecule has 0 fully saturated rings. The number of aromatic nitrogens is 2. The van der Waals surface area contributed by atoms with Crippen molar-refractivity contribution in [1.29, 1.82) is 0 Å². The summed E-state index contributed by atoms with van der Waals surface area (Å²) in [5, 5.41) is 11.5. The van der Waals surface area contributed by atoms with Gasteiger partial charge in [0, 0.05) is 24.3 Å². The van der Waals surface area contributed by atoms with E-state index < -0.39 is 0 Å². The minimum atomic E-state index is -0.373. The standard InChI is InChI=1S/C21H22ClN5O/c1-3-27(4-2)16-11-9-15(10-12-16)14-23-26-21(28)20-13-19(24-25-20)17-7-5-6-8-18(17)22/h5-14H,3-4H2,1-2H3,(H,24,25)(H,26,28). The summed E-state index contributed by atoms with van der Waals surface area (Å²) in [7, 11) is 0. The maximum absolute atomic E-state index is 12.2. The van der Waals surface area contributed by atoms with Crippen molar-refractivity contribution < 1.29 is 4.79 Å². The average molecular weight is 396 g/mol. The third-order valence-electron chi connectivity index (χ3n) is 4.37. The number of amides is 1. The van der Waals surface area contributed by atoms with Crippen molar-refractivity contribution in [3.63, 3.8) is 0 Å². The first-order chi connectivity index (χ1) is 13.6. The van der Waals surface area contributed by atoms with Crippen LogP contribution in [0.5, 0.6) is 0 Å². The third kappa shape index (κ3) is 4.58. The zero-order chi connectivity index (χ0) is 19.9. The normalized spacial score (nSPS) is 11.0. The Balaban J connectivity index is 1.62. The lowest BCUT2D eigenvalue weighted by Gasteiger charge is -2.20. The van der Waals surface area contributed by atoms with Crippen LogP contribution in [0.1, 0.15) is 29.9 Å². The molecule has 28 heavy (non-hydrogen) atoms. The van der Waals surface area contributed by atoms with Crippen LogP contribution >= 0.6 is 11.6 Å². The topological polar surface area (TPSA) is 73.4 Å². The number of aromatic amines is 1. The van der Waals surface area contributed by atoms with Crippen LogP contribution in [-0.4, -0.2) is 35.4 Å². The molecule has 3 aromatic rings. The van der Waals surface area contributed by atoms with Crippen molar-refractivity contribution >= 4 is 29.4 Å². The zero-order valence-corrected chi connectivity index (χ0v) is 16.6. The number of nitrogens with one attached hydrogen (secondary N) is 2. The third-order valence-corrected chi connectivity index (χ3v) is 4.70. The van der Waals surface area contributed by atoms with Gasteiger partial charge in [-0.2, -0.15) is 10.2 Å². The Labute approximate surface area is 169 Å². The number of carbonyl (C=O) groups is 1. The van der Waals surface area contributed by atoms with Gasteiger partial charge in [0.05, 0.1) is 16.9 Å². The van der Waals surface area contributed by atoms with Gasteiger partial charge < -0.3 is 4.90 Å². The smallest absolute Gasteiger partial charge is 0.289 e. The highest BCUT2D eigenvalue weighted by molar-refractivity contribution is 6.33. The van der Waals surface area contributed by atoms with Crippen molar-refractivity contribution in [1.82, 2.24) is 15.6 Å². The molecule has 144 valence electrons. The van der Waals surface area contributed by atoms with Gasteiger partial charge in [0.15, 0.2) is 0 Å². The molecule has 0 aliphatic rings. The Morgan fingerprint density at radius 1 is 1.18 bits per heavy atom. The number of halogens is 1. The number of hydrazone groups is 1. The summed E-state index contributed by atoms with van der Waals surface area (Å²) in [5.74, 6) is -0.373. The van der Waals surface area contributed by atoms with Crippen molar-refractivity contribution in [2.24, 2.45) is 5.10 Å². The molecule has 6 nitrogen and oxygen atoms in total. The van der Waals surface area contributed by atoms with Crippen LogP contribution in [0.4, 0.5) is 5.69 Å². The number of nitrogens with zero attached hydrogens (tertiary/aromatic N) is 3. The number of rotatable bonds is 7. The summed E-state index contributed by atoms with van der Waals surface area (Å²) >= 11 is 6.17. The van der Waals surface area contributed by atoms with Crippen molar-refractivity contribution in [2.45, 2.75) is 13.8 Å². The lowest BCUT2D eigenvalue weighted by molar-refractivity contribution is 0.0950. The number of benzene rings is 2. The molecule has 0 atom stereocenters. The number of hydrogen-bond acceptors (Lipinski definition) is 4. The molecule has 0 aliphatic carbocycles. The van der Waals surface area contributed by atoms with Gasteiger partial charge in [0.1, 0.15) is 5.69 Å². The van der Waals surface area contributed by atoms with Gasteiger partial charge in [-0.05, 0) is 43.7 Å². The molecule has 0 aliphatic heterocycles. The van der Waals surface area contributed by atoms with E-state index >= 15 is 0 Å². The summed E-state index contributed by atoms with van der Waals surface area (Å²) in [4.78, 5) is 14.5. The fourth-order valence-electron chi connectivity index (χ4n) is 2.83. The predicted octanol–water partition coefficient (Wildman–Crippen LogP) is 4.34. The van der Waals surface area contributed by atoms with E-state index in [9.17, 15) is 4.79 Å². The Morgan fingerprint density at radius 2 is 1.89 bits per heavy atom. The molecule has 0 unspecified atom stereocenters. The van der Waals surface area contributed by atoms with Crippen molar-refractivity contribution in [2.75, 3.05) is 18.0 Å². The predicted molar refractivity (Wildman–Crippen MR) is 114 cm³/mol. The van der Waals surface area contributed by atoms with E-state index in [2.05, 4.69) is 39.5 Å². The van der Waals surface area contributed by atoms with Crippen LogP contribution in [-0.2, 0) is 0 Å². The van der Waals surface area contributed by atoms with Gasteiger partial charge >= 0.3 is 0 Å². The van der Waals surface area contributed by atoms with Crippen LogP contribution in [0.2, 0.25) is 5.02 Å². The fourth-order valence-corrected chi connectivity index (χ4v) is 3.06. The van der Waals surface area contributed by atoms with Crippen LogP contribution < -0.4 is 10.3 Å². The Hall–Kier alpha value is -3.12. The van der Waals surface area contributed by atoms with Gasteiger partial charge in [-0.3, -0.25) is 9.89 Å². The first-order valence-corrected chi connectivity index (χ1v) is 9.49. The summed E-state index contributed by atoms with van der Waals surface area (Å²) < 4.78 is 0. The maximum atomic E-state index is 12.2. The van der Waals surface area contributed by atoms with Crippen LogP contribution in [0.15, 0.2) is 59.7 Å². The summed E-state index contributed by atoms with van der Waals surface area (Å²) in [5.41, 5.74) is 6.24. The first kappa shape index (κ1) is 19.6. The highest BCUT2D eigenvalue weighted by Crippen LogP contribution is 2.26. The maximum Gasteiger partial charge on any atom is 0.289 e. The van der Waals surface area contributed by atoms with E-state index in [4.69, 9.17) is 11.6 Å². The molecular weight excluding hydrogens is 374 g/mol. The Morgan fingerprint density at radius 3 is 2.57 bits per heavy atom. The molecule has 2 aromatic carbocycles. The number of H-pyrrole nitrogens is 1. The quantitative estimate of drug-likeness (QED) is 0.461. The average Bonchev–Trinajstić information content (AvgIpc) is 3.20. The van der Waals surface area contributed by atoms with E-state index in [1.54, 1.807) is 18.3 Å². The zero-order valence-electron chi connectivity index (χ0n) is 15.8. The van der Waals surface area contributed by atoms with E-state index in [0.717, 1.165) is 29.9 Å². The van der Waals surface area contributed by atoms with Crippen LogP contribution in [0.25, 0.3) is 11.3 Å². The second kappa shape index (κ2) is 9.19. The molecule has 0 spiro atoms. The fraction of sp³-hybridized carbons (Fsp3) is 0.190. The molecule has 1 aromatic heterocycles. The molecule has 7 heteroatoms. The second-order valence-corrected chi connectivity index (χ2v) is 6.52. The lowest BCUT2D eigenvalue weighted by atomic mass is 10.1. The monoisotopic (exact) mass is 395 g/mol. The molecular formula is C21H22ClN5O. The molecule has 3 rings (SSSR count). The van der Waals surface area contributed by atoms with E-state index in [0.29, 0.717) is 16.4 Å². The van der Waals surface area contributed by atoms with Gasteiger partial charge in [0.25, 0.3) is 5.91 Å². The van der Waals surface area contributed by atoms with E-state index in [1.807, 2.05) is 42.5 Å². The molecule has 0 radical (unpaired) electrons. The minimum absolute atomic E-state index is 0.309. The van der Waals surface area contributed by atoms with Gasteiger partial charge in [-0.15, -0.1) is 0 Å². The number of carbonyl (C=O) groups excluding carboxylic acids is 1. The van der Waals surface area contributed by atoms with Crippen LogP contribution in [0.3, 0.4) is 0 Å². The Bertz CT molecular complexity index is 961. The molecule has 1 amide bonds. The minimum Gasteiger partial charge on any atom is -0.372 e. The van der Waals surface area contributed by atoms with E-state index in [1.165, 1.54) is 0 Å². The van der Waals surface area contributed by atoms with E-state index in [-0.39, 0.29) is 5.91 Å². The molecule has 1 heterocycles. The first-order valence-electron chi connectivity index (χ1n) is 9.11. The van der Waals surface area contributed by atoms with Crippen molar-refractivity contribution in [3.8, 4) is 11.3 Å². The highest BCUT2D eigenvalue weighted by Gasteiger charge is 2.12. The number of anilines is 1. The largest absolute Gasteiger partial charge is 0.372 e. The van der Waals surface area contributed by atoms with Crippen molar-refractivity contribution in [3.05, 3.63) is 70.9 Å². The second-order valence-electron chi connectivity index (χ2n) is 6.11. The molecule has 2 N–H and O–H groups in total. The molecule has 0 saturated carbocycles. The van der Waals surface area contributed by atoms with Gasteiger partial charge in [-0.25, -0.2) is 5.43 Å². The molecule has 0 saturated heterocycles. The van der Waals surface area contributed by atoms with Gasteiger partial charge in [0.2, 0.25) is 0 Å². The summed E-state index contributed by atoms with van der Waals surface area (Å²) in [6, 6.07) is 17.0.